The van der Waals surface area contributed by atoms with Crippen molar-refractivity contribution in [3.05, 3.63) is 21.9 Å². The molecule has 0 aliphatic carbocycles. The van der Waals surface area contributed by atoms with Gasteiger partial charge in [0, 0.05) is 17.0 Å². The number of thiophene rings is 1. The molecule has 4 nitrogen and oxygen atoms in total. The maximum atomic E-state index is 11.9. The molecule has 0 bridgehead atoms. The average Bonchev–Trinajstić information content (AvgIpc) is 2.67. The van der Waals surface area contributed by atoms with E-state index >= 15 is 0 Å². The summed E-state index contributed by atoms with van der Waals surface area (Å²) in [6.45, 7) is 5.69. The maximum absolute atomic E-state index is 11.9. The Morgan fingerprint density at radius 1 is 1.42 bits per heavy atom. The minimum atomic E-state index is -3.29. The number of hydrogen-bond acceptors (Lipinski definition) is 4. The molecule has 6 heteroatoms. The fourth-order valence-corrected chi connectivity index (χ4v) is 3.99. The first-order valence-electron chi connectivity index (χ1n) is 5.87. The van der Waals surface area contributed by atoms with Crippen LogP contribution in [0.4, 0.5) is 0 Å². The summed E-state index contributed by atoms with van der Waals surface area (Å²) in [5.74, 6) is 5.45. The van der Waals surface area contributed by atoms with Crippen LogP contribution in [0.2, 0.25) is 0 Å². The van der Waals surface area contributed by atoms with Gasteiger partial charge in [0.2, 0.25) is 10.0 Å². The third-order valence-corrected chi connectivity index (χ3v) is 4.87. The number of nitrogens with one attached hydrogen (secondary N) is 1. The van der Waals surface area contributed by atoms with Crippen molar-refractivity contribution in [3.8, 4) is 11.8 Å². The molecular weight excluding hydrogens is 282 g/mol. The Kier molecular flexibility index (Phi) is 5.56. The highest BCUT2D eigenvalue weighted by Gasteiger charge is 2.21. The third kappa shape index (κ3) is 6.21. The second kappa shape index (κ2) is 6.53. The van der Waals surface area contributed by atoms with Crippen LogP contribution in [-0.2, 0) is 16.6 Å². The highest BCUT2D eigenvalue weighted by atomic mass is 32.2. The topological polar surface area (TPSA) is 66.4 Å². The molecule has 0 aromatic carbocycles. The van der Waals surface area contributed by atoms with Gasteiger partial charge < -0.3 is 5.11 Å². The first-order chi connectivity index (χ1) is 8.73. The quantitative estimate of drug-likeness (QED) is 0.829. The van der Waals surface area contributed by atoms with Crippen molar-refractivity contribution in [2.24, 2.45) is 5.41 Å². The predicted octanol–water partition coefficient (Wildman–Crippen LogP) is 1.56. The highest BCUT2D eigenvalue weighted by Crippen LogP contribution is 2.18. The normalized spacial score (nSPS) is 12.0. The number of sulfonamides is 1. The zero-order valence-electron chi connectivity index (χ0n) is 11.4. The van der Waals surface area contributed by atoms with Crippen LogP contribution in [0.5, 0.6) is 0 Å². The summed E-state index contributed by atoms with van der Waals surface area (Å²) in [6, 6.07) is 1.82. The molecule has 0 unspecified atom stereocenters. The molecule has 0 aliphatic rings. The molecule has 0 saturated carbocycles. The number of rotatable bonds is 4. The molecule has 1 rings (SSSR count). The van der Waals surface area contributed by atoms with Crippen molar-refractivity contribution in [2.45, 2.75) is 27.3 Å². The van der Waals surface area contributed by atoms with Crippen LogP contribution >= 0.6 is 11.3 Å². The van der Waals surface area contributed by atoms with Gasteiger partial charge in [-0.1, -0.05) is 32.6 Å². The molecule has 106 valence electrons. The second-order valence-electron chi connectivity index (χ2n) is 5.36. The Balaban J connectivity index is 2.70. The summed E-state index contributed by atoms with van der Waals surface area (Å²) in [5.41, 5.74) is 0.485. The Bertz CT molecular complexity index is 571. The Morgan fingerprint density at radius 2 is 2.11 bits per heavy atom. The maximum Gasteiger partial charge on any atom is 0.212 e. The molecule has 0 atom stereocenters. The highest BCUT2D eigenvalue weighted by molar-refractivity contribution is 7.89. The number of hydrogen-bond donors (Lipinski definition) is 2. The van der Waals surface area contributed by atoms with Crippen LogP contribution < -0.4 is 4.72 Å². The molecular formula is C13H19NO3S2. The lowest BCUT2D eigenvalue weighted by molar-refractivity contribution is 0.350. The van der Waals surface area contributed by atoms with E-state index in [9.17, 15) is 8.42 Å². The van der Waals surface area contributed by atoms with Gasteiger partial charge in [-0.2, -0.15) is 0 Å². The van der Waals surface area contributed by atoms with Gasteiger partial charge in [-0.3, -0.25) is 0 Å². The molecule has 0 saturated heterocycles. The summed E-state index contributed by atoms with van der Waals surface area (Å²) in [4.78, 5) is 0.860. The van der Waals surface area contributed by atoms with Gasteiger partial charge in [0.05, 0.1) is 5.75 Å². The van der Waals surface area contributed by atoms with E-state index in [1.54, 1.807) is 0 Å². The van der Waals surface area contributed by atoms with Gasteiger partial charge in [0.15, 0.2) is 0 Å². The lowest BCUT2D eigenvalue weighted by Crippen LogP contribution is -2.31. The first kappa shape index (κ1) is 16.2. The molecule has 1 aromatic heterocycles. The molecule has 1 heterocycles. The number of aliphatic hydroxyl groups excluding tert-OH is 1. The SMILES string of the molecule is CC(C)(C)CS(=O)(=O)NCc1sccc1C#CCO. The smallest absolute Gasteiger partial charge is 0.212 e. The van der Waals surface area contributed by atoms with E-state index in [1.807, 2.05) is 32.2 Å². The van der Waals surface area contributed by atoms with Crippen LogP contribution in [0.25, 0.3) is 0 Å². The van der Waals surface area contributed by atoms with Crippen molar-refractivity contribution < 1.29 is 13.5 Å². The summed E-state index contributed by atoms with van der Waals surface area (Å²) in [7, 11) is -3.29. The van der Waals surface area contributed by atoms with Crippen LogP contribution in [0, 0.1) is 17.3 Å². The van der Waals surface area contributed by atoms with Crippen LogP contribution in [0.1, 0.15) is 31.2 Å². The standard InChI is InChI=1S/C13H19NO3S2/c1-13(2,3)10-19(16,17)14-9-12-11(5-4-7-15)6-8-18-12/h6,8,14-15H,7,9-10H2,1-3H3. The molecule has 0 radical (unpaired) electrons. The summed E-state index contributed by atoms with van der Waals surface area (Å²) in [6.07, 6.45) is 0. The van der Waals surface area contributed by atoms with E-state index < -0.39 is 10.0 Å². The van der Waals surface area contributed by atoms with Crippen molar-refractivity contribution in [1.29, 1.82) is 0 Å². The van der Waals surface area contributed by atoms with Crippen LogP contribution in [-0.4, -0.2) is 25.9 Å². The molecule has 0 spiro atoms. The first-order valence-corrected chi connectivity index (χ1v) is 8.40. The van der Waals surface area contributed by atoms with Gasteiger partial charge in [0.1, 0.15) is 6.61 Å². The van der Waals surface area contributed by atoms with Crippen LogP contribution in [0.3, 0.4) is 0 Å². The van der Waals surface area contributed by atoms with Gasteiger partial charge in [-0.15, -0.1) is 11.3 Å². The average molecular weight is 301 g/mol. The zero-order valence-corrected chi connectivity index (χ0v) is 13.0. The Labute approximate surface area is 118 Å². The largest absolute Gasteiger partial charge is 0.384 e. The summed E-state index contributed by atoms with van der Waals surface area (Å²) >= 11 is 1.45. The third-order valence-electron chi connectivity index (χ3n) is 2.12. The zero-order chi connectivity index (χ0) is 14.5. The van der Waals surface area contributed by atoms with E-state index in [2.05, 4.69) is 16.6 Å². The predicted molar refractivity (Wildman–Crippen MR) is 78.4 cm³/mol. The Morgan fingerprint density at radius 3 is 2.68 bits per heavy atom. The summed E-state index contributed by atoms with van der Waals surface area (Å²) < 4.78 is 26.4. The van der Waals surface area contributed by atoms with Crippen LogP contribution in [0.15, 0.2) is 11.4 Å². The van der Waals surface area contributed by atoms with Crippen molar-refractivity contribution in [2.75, 3.05) is 12.4 Å². The fraction of sp³-hybridized carbons (Fsp3) is 0.538. The van der Waals surface area contributed by atoms with E-state index in [0.29, 0.717) is 0 Å². The molecule has 0 aliphatic heterocycles. The minimum Gasteiger partial charge on any atom is -0.384 e. The monoisotopic (exact) mass is 301 g/mol. The van der Waals surface area contributed by atoms with E-state index in [1.165, 1.54) is 11.3 Å². The minimum absolute atomic E-state index is 0.0863. The molecule has 0 fully saturated rings. The van der Waals surface area contributed by atoms with Gasteiger partial charge >= 0.3 is 0 Å². The molecule has 0 amide bonds. The van der Waals surface area contributed by atoms with Gasteiger partial charge in [0.25, 0.3) is 0 Å². The van der Waals surface area contributed by atoms with E-state index in [-0.39, 0.29) is 24.3 Å². The second-order valence-corrected chi connectivity index (χ2v) is 8.17. The van der Waals surface area contributed by atoms with Crippen molar-refractivity contribution in [3.63, 3.8) is 0 Å². The fourth-order valence-electron chi connectivity index (χ4n) is 1.52. The van der Waals surface area contributed by atoms with Crippen molar-refractivity contribution in [1.82, 2.24) is 4.72 Å². The lowest BCUT2D eigenvalue weighted by Gasteiger charge is -2.18. The van der Waals surface area contributed by atoms with Crippen molar-refractivity contribution >= 4 is 21.4 Å². The lowest BCUT2D eigenvalue weighted by atomic mass is 10.0. The number of aliphatic hydroxyl groups is 1. The molecule has 1 aromatic rings. The molecule has 2 N–H and O–H groups in total. The van der Waals surface area contributed by atoms with E-state index in [4.69, 9.17) is 5.11 Å². The van der Waals surface area contributed by atoms with Gasteiger partial charge in [-0.25, -0.2) is 13.1 Å². The Hall–Kier alpha value is -0.870. The van der Waals surface area contributed by atoms with Gasteiger partial charge in [-0.05, 0) is 16.9 Å². The van der Waals surface area contributed by atoms with E-state index in [0.717, 1.165) is 10.4 Å². The molecule has 19 heavy (non-hydrogen) atoms. The summed E-state index contributed by atoms with van der Waals surface area (Å²) in [5, 5.41) is 10.5.